The van der Waals surface area contributed by atoms with Crippen LogP contribution in [0.4, 0.5) is 0 Å². The van der Waals surface area contributed by atoms with E-state index in [2.05, 4.69) is 10.2 Å². The van der Waals surface area contributed by atoms with Crippen LogP contribution in [0.1, 0.15) is 30.4 Å². The average Bonchev–Trinajstić information content (AvgIpc) is 3.30. The van der Waals surface area contributed by atoms with E-state index in [1.165, 1.54) is 0 Å². The first kappa shape index (κ1) is 24.9. The molecule has 0 radical (unpaired) electrons. The molecular weight excluding hydrogens is 442 g/mol. The minimum atomic E-state index is -0.131. The van der Waals surface area contributed by atoms with Gasteiger partial charge in [0.2, 0.25) is 6.79 Å². The second kappa shape index (κ2) is 12.5. The fraction of sp³-hybridized carbons (Fsp3) is 0.458. The standard InChI is InChI=1S/C24H33N3O5S/c1-29-20-8-6-17(11-22(20)30-2)13-27(24(33)26-19(15-28)5-3-4-10-25)14-18-7-9-21-23(12-18)32-16-31-21/h6-9,11-12,19,28H,3-5,10,13-16,25H2,1-2H3,(H,26,33). The van der Waals surface area contributed by atoms with Gasteiger partial charge in [-0.2, -0.15) is 0 Å². The molecule has 0 fully saturated rings. The Hall–Kier alpha value is -2.75. The number of aliphatic hydroxyl groups is 1. The van der Waals surface area contributed by atoms with E-state index in [-0.39, 0.29) is 19.4 Å². The normalized spacial score (nSPS) is 12.8. The van der Waals surface area contributed by atoms with Crippen LogP contribution in [0.2, 0.25) is 0 Å². The Morgan fingerprint density at radius 1 is 1.06 bits per heavy atom. The molecule has 180 valence electrons. The first-order valence-corrected chi connectivity index (χ1v) is 11.4. The van der Waals surface area contributed by atoms with E-state index in [1.54, 1.807) is 14.2 Å². The van der Waals surface area contributed by atoms with Crippen LogP contribution < -0.4 is 30.0 Å². The number of nitrogens with two attached hydrogens (primary N) is 1. The maximum absolute atomic E-state index is 9.83. The molecule has 1 atom stereocenters. The molecule has 0 amide bonds. The van der Waals surface area contributed by atoms with Gasteiger partial charge in [0.15, 0.2) is 28.1 Å². The predicted molar refractivity (Wildman–Crippen MR) is 131 cm³/mol. The monoisotopic (exact) mass is 475 g/mol. The predicted octanol–water partition coefficient (Wildman–Crippen LogP) is 2.80. The van der Waals surface area contributed by atoms with Gasteiger partial charge in [-0.05, 0) is 67.0 Å². The van der Waals surface area contributed by atoms with Crippen LogP contribution in [0, 0.1) is 0 Å². The molecule has 4 N–H and O–H groups in total. The number of unbranched alkanes of at least 4 members (excludes halogenated alkanes) is 1. The summed E-state index contributed by atoms with van der Waals surface area (Å²) in [4.78, 5) is 2.06. The number of nitrogens with zero attached hydrogens (tertiary/aromatic N) is 1. The molecule has 9 heteroatoms. The minimum Gasteiger partial charge on any atom is -0.493 e. The Morgan fingerprint density at radius 2 is 1.76 bits per heavy atom. The van der Waals surface area contributed by atoms with Crippen molar-refractivity contribution in [1.29, 1.82) is 0 Å². The molecule has 0 saturated heterocycles. The van der Waals surface area contributed by atoms with Gasteiger partial charge in [0.05, 0.1) is 26.9 Å². The number of nitrogens with one attached hydrogen (secondary N) is 1. The van der Waals surface area contributed by atoms with Crippen molar-refractivity contribution in [3.05, 3.63) is 47.5 Å². The van der Waals surface area contributed by atoms with E-state index < -0.39 is 0 Å². The molecule has 1 aliphatic rings. The lowest BCUT2D eigenvalue weighted by Gasteiger charge is -2.29. The Labute approximate surface area is 200 Å². The third-order valence-electron chi connectivity index (χ3n) is 5.47. The molecule has 0 spiro atoms. The zero-order valence-electron chi connectivity index (χ0n) is 19.2. The number of methoxy groups -OCH3 is 2. The summed E-state index contributed by atoms with van der Waals surface area (Å²) in [5.74, 6) is 2.80. The summed E-state index contributed by atoms with van der Waals surface area (Å²) in [6.07, 6.45) is 2.63. The third-order valence-corrected chi connectivity index (χ3v) is 5.85. The van der Waals surface area contributed by atoms with Gasteiger partial charge in [0.1, 0.15) is 0 Å². The minimum absolute atomic E-state index is 0.00106. The fourth-order valence-electron chi connectivity index (χ4n) is 3.67. The lowest BCUT2D eigenvalue weighted by Crippen LogP contribution is -2.45. The van der Waals surface area contributed by atoms with E-state index in [1.807, 2.05) is 36.4 Å². The van der Waals surface area contributed by atoms with Crippen molar-refractivity contribution < 1.29 is 24.1 Å². The van der Waals surface area contributed by atoms with Crippen LogP contribution >= 0.6 is 12.2 Å². The topological polar surface area (TPSA) is 98.4 Å². The van der Waals surface area contributed by atoms with Crippen LogP contribution in [0.3, 0.4) is 0 Å². The molecule has 0 bridgehead atoms. The molecule has 1 heterocycles. The lowest BCUT2D eigenvalue weighted by molar-refractivity contribution is 0.174. The zero-order chi connectivity index (χ0) is 23.6. The van der Waals surface area contributed by atoms with E-state index >= 15 is 0 Å². The maximum Gasteiger partial charge on any atom is 0.231 e. The summed E-state index contributed by atoms with van der Waals surface area (Å²) in [6.45, 7) is 1.96. The van der Waals surface area contributed by atoms with Crippen LogP contribution in [-0.2, 0) is 13.1 Å². The van der Waals surface area contributed by atoms with Gasteiger partial charge in [0, 0.05) is 13.1 Å². The van der Waals surface area contributed by atoms with Gasteiger partial charge in [-0.15, -0.1) is 0 Å². The van der Waals surface area contributed by atoms with Crippen LogP contribution in [0.15, 0.2) is 36.4 Å². The van der Waals surface area contributed by atoms with Crippen molar-refractivity contribution in [1.82, 2.24) is 10.2 Å². The van der Waals surface area contributed by atoms with Crippen molar-refractivity contribution in [2.24, 2.45) is 5.73 Å². The van der Waals surface area contributed by atoms with Crippen molar-refractivity contribution >= 4 is 17.3 Å². The Kier molecular flexibility index (Phi) is 9.41. The highest BCUT2D eigenvalue weighted by Crippen LogP contribution is 2.33. The first-order valence-electron chi connectivity index (χ1n) is 11.0. The van der Waals surface area contributed by atoms with Gasteiger partial charge >= 0.3 is 0 Å². The van der Waals surface area contributed by atoms with E-state index in [0.717, 1.165) is 41.9 Å². The quantitative estimate of drug-likeness (QED) is 0.316. The highest BCUT2D eigenvalue weighted by Gasteiger charge is 2.19. The Balaban J connectivity index is 1.78. The summed E-state index contributed by atoms with van der Waals surface area (Å²) in [5.41, 5.74) is 7.66. The zero-order valence-corrected chi connectivity index (χ0v) is 20.0. The largest absolute Gasteiger partial charge is 0.493 e. The number of ether oxygens (including phenoxy) is 4. The molecular formula is C24H33N3O5S. The van der Waals surface area contributed by atoms with Crippen molar-refractivity contribution in [2.75, 3.05) is 34.2 Å². The average molecular weight is 476 g/mol. The van der Waals surface area contributed by atoms with Crippen molar-refractivity contribution in [2.45, 2.75) is 38.4 Å². The highest BCUT2D eigenvalue weighted by atomic mass is 32.1. The number of fused-ring (bicyclic) bond motifs is 1. The number of hydrogen-bond acceptors (Lipinski definition) is 7. The van der Waals surface area contributed by atoms with Crippen LogP contribution in [0.5, 0.6) is 23.0 Å². The summed E-state index contributed by atoms with van der Waals surface area (Å²) >= 11 is 5.77. The summed E-state index contributed by atoms with van der Waals surface area (Å²) < 4.78 is 21.8. The van der Waals surface area contributed by atoms with E-state index in [9.17, 15) is 5.11 Å². The van der Waals surface area contributed by atoms with Crippen molar-refractivity contribution in [3.8, 4) is 23.0 Å². The molecule has 2 aromatic rings. The number of benzene rings is 2. The second-order valence-corrected chi connectivity index (χ2v) is 8.23. The highest BCUT2D eigenvalue weighted by molar-refractivity contribution is 7.80. The van der Waals surface area contributed by atoms with Crippen LogP contribution in [-0.4, -0.2) is 55.3 Å². The maximum atomic E-state index is 9.83. The molecule has 0 saturated carbocycles. The molecule has 3 rings (SSSR count). The second-order valence-electron chi connectivity index (χ2n) is 7.85. The van der Waals surface area contributed by atoms with Gasteiger partial charge in [-0.1, -0.05) is 18.6 Å². The van der Waals surface area contributed by atoms with Gasteiger partial charge in [0.25, 0.3) is 0 Å². The number of rotatable bonds is 12. The molecule has 8 nitrogen and oxygen atoms in total. The smallest absolute Gasteiger partial charge is 0.231 e. The van der Waals surface area contributed by atoms with Gasteiger partial charge in [-0.25, -0.2) is 0 Å². The summed E-state index contributed by atoms with van der Waals surface area (Å²) in [6, 6.07) is 11.6. The molecule has 1 aliphatic heterocycles. The number of hydrogen-bond donors (Lipinski definition) is 3. The van der Waals surface area contributed by atoms with Crippen molar-refractivity contribution in [3.63, 3.8) is 0 Å². The number of thiocarbonyl (C=S) groups is 1. The summed E-state index contributed by atoms with van der Waals surface area (Å²) in [5, 5.41) is 13.7. The molecule has 1 unspecified atom stereocenters. The van der Waals surface area contributed by atoms with Gasteiger partial charge in [-0.3, -0.25) is 0 Å². The Morgan fingerprint density at radius 3 is 2.45 bits per heavy atom. The molecule has 2 aromatic carbocycles. The molecule has 33 heavy (non-hydrogen) atoms. The Bertz CT molecular complexity index is 927. The summed E-state index contributed by atoms with van der Waals surface area (Å²) in [7, 11) is 3.23. The number of aliphatic hydroxyl groups excluding tert-OH is 1. The molecule has 0 aliphatic carbocycles. The van der Waals surface area contributed by atoms with Crippen LogP contribution in [0.25, 0.3) is 0 Å². The molecule has 0 aromatic heterocycles. The third kappa shape index (κ3) is 6.86. The SMILES string of the molecule is COc1ccc(CN(Cc2ccc3c(c2)OCO3)C(=S)NC(CO)CCCCN)cc1OC. The fourth-order valence-corrected chi connectivity index (χ4v) is 3.96. The van der Waals surface area contributed by atoms with Gasteiger partial charge < -0.3 is 40.0 Å². The van der Waals surface area contributed by atoms with E-state index in [0.29, 0.717) is 36.2 Å². The lowest BCUT2D eigenvalue weighted by atomic mass is 10.1. The first-order chi connectivity index (χ1) is 16.1. The van der Waals surface area contributed by atoms with E-state index in [4.69, 9.17) is 36.9 Å².